The van der Waals surface area contributed by atoms with E-state index in [2.05, 4.69) is 0 Å². The Hall–Kier alpha value is -1.88. The van der Waals surface area contributed by atoms with Crippen molar-refractivity contribution in [2.45, 2.75) is 13.5 Å². The molecule has 0 N–H and O–H groups in total. The molecule has 0 saturated heterocycles. The molecule has 0 unspecified atom stereocenters. The Bertz CT molecular complexity index is 611. The topological polar surface area (TPSA) is 39.4 Å². The molecular weight excluding hydrogens is 334 g/mol. The maximum Gasteiger partial charge on any atom is 0.231 e. The Morgan fingerprint density at radius 1 is 1.10 bits per heavy atom. The Balaban J connectivity index is 0.00000220. The number of ether oxygens (including phenoxy) is 2. The maximum absolute atomic E-state index is 12.3. The number of pyridine rings is 1. The van der Waals surface area contributed by atoms with E-state index in [0.717, 1.165) is 5.56 Å². The summed E-state index contributed by atoms with van der Waals surface area (Å²) in [5.74, 6) is 1.20. The minimum atomic E-state index is -0.00152. The van der Waals surface area contributed by atoms with Crippen LogP contribution in [0.4, 0.5) is 0 Å². The Morgan fingerprint density at radius 2 is 1.76 bits per heavy atom. The molecule has 5 heteroatoms. The molecule has 0 amide bonds. The third kappa shape index (κ3) is 4.29. The predicted molar refractivity (Wildman–Crippen MR) is 85.6 cm³/mol. The van der Waals surface area contributed by atoms with Crippen LogP contribution in [0.15, 0.2) is 42.7 Å². The van der Waals surface area contributed by atoms with Gasteiger partial charge in [0.25, 0.3) is 0 Å². The fourth-order valence-electron chi connectivity index (χ4n) is 1.92. The van der Waals surface area contributed by atoms with E-state index in [4.69, 9.17) is 9.47 Å². The van der Waals surface area contributed by atoms with Crippen molar-refractivity contribution in [2.75, 3.05) is 14.2 Å². The fraction of sp³-hybridized carbons (Fsp3) is 0.250. The zero-order chi connectivity index (χ0) is 14.5. The average molecular weight is 353 g/mol. The number of benzene rings is 1. The summed E-state index contributed by atoms with van der Waals surface area (Å²) in [7, 11) is 3.13. The zero-order valence-electron chi connectivity index (χ0n) is 12.3. The molecule has 21 heavy (non-hydrogen) atoms. The number of carbonyl (C=O) groups is 1. The van der Waals surface area contributed by atoms with E-state index >= 15 is 0 Å². The van der Waals surface area contributed by atoms with Gasteiger partial charge >= 0.3 is 0 Å². The van der Waals surface area contributed by atoms with Gasteiger partial charge in [0, 0.05) is 18.2 Å². The second-order valence-electron chi connectivity index (χ2n) is 4.54. The van der Waals surface area contributed by atoms with Crippen molar-refractivity contribution >= 4 is 22.8 Å². The van der Waals surface area contributed by atoms with Gasteiger partial charge in [-0.3, -0.25) is 4.79 Å². The van der Waals surface area contributed by atoms with Gasteiger partial charge in [-0.05, 0) is 24.6 Å². The van der Waals surface area contributed by atoms with Crippen molar-refractivity contribution in [3.05, 3.63) is 53.9 Å². The average Bonchev–Trinajstić information content (AvgIpc) is 2.48. The highest BCUT2D eigenvalue weighted by molar-refractivity contribution is 8.93. The summed E-state index contributed by atoms with van der Waals surface area (Å²) in [6.45, 7) is 2.29. The monoisotopic (exact) mass is 352 g/mol. The van der Waals surface area contributed by atoms with Crippen molar-refractivity contribution in [3.63, 3.8) is 0 Å². The molecule has 0 aliphatic carbocycles. The summed E-state index contributed by atoms with van der Waals surface area (Å²) in [4.78, 5) is 12.3. The predicted octanol–water partition coefficient (Wildman–Crippen LogP) is 2.76. The lowest BCUT2D eigenvalue weighted by molar-refractivity contribution is -0.683. The van der Waals surface area contributed by atoms with Crippen LogP contribution in [-0.4, -0.2) is 20.0 Å². The lowest BCUT2D eigenvalue weighted by Gasteiger charge is -2.08. The number of hydrogen-bond acceptors (Lipinski definition) is 3. The minimum Gasteiger partial charge on any atom is -0.497 e. The Labute approximate surface area is 135 Å². The number of halogens is 1. The molecule has 0 bridgehead atoms. The molecule has 0 fully saturated rings. The molecule has 4 nitrogen and oxygen atoms in total. The Kier molecular flexibility index (Phi) is 6.37. The number of hydrogen-bond donors (Lipinski definition) is 0. The van der Waals surface area contributed by atoms with Crippen molar-refractivity contribution in [1.82, 2.24) is 0 Å². The molecule has 0 radical (unpaired) electrons. The molecule has 0 spiro atoms. The van der Waals surface area contributed by atoms with Gasteiger partial charge in [-0.25, -0.2) is 0 Å². The van der Waals surface area contributed by atoms with Crippen LogP contribution >= 0.6 is 17.0 Å². The van der Waals surface area contributed by atoms with E-state index in [1.54, 1.807) is 32.4 Å². The molecule has 112 valence electrons. The van der Waals surface area contributed by atoms with Crippen molar-refractivity contribution < 1.29 is 18.8 Å². The van der Waals surface area contributed by atoms with Gasteiger partial charge in [0.05, 0.1) is 19.8 Å². The molecule has 1 aromatic carbocycles. The van der Waals surface area contributed by atoms with E-state index < -0.39 is 0 Å². The smallest absolute Gasteiger partial charge is 0.231 e. The van der Waals surface area contributed by atoms with Gasteiger partial charge in [-0.1, -0.05) is 0 Å². The molecule has 2 rings (SSSR count). The quantitative estimate of drug-likeness (QED) is 0.613. The van der Waals surface area contributed by atoms with Gasteiger partial charge in [0.1, 0.15) is 11.5 Å². The van der Waals surface area contributed by atoms with Gasteiger partial charge in [-0.2, -0.15) is 4.57 Å². The molecule has 0 aliphatic heterocycles. The number of methoxy groups -OCH3 is 2. The summed E-state index contributed by atoms with van der Waals surface area (Å²) < 4.78 is 12.2. The SMILES string of the molecule is Br.COc1ccc(C(=O)C[n+]2ccc(C)cc2)c(OC)c1. The summed E-state index contributed by atoms with van der Waals surface area (Å²) >= 11 is 0. The summed E-state index contributed by atoms with van der Waals surface area (Å²) in [6, 6.07) is 9.15. The fourth-order valence-corrected chi connectivity index (χ4v) is 1.92. The molecule has 0 atom stereocenters. The third-order valence-corrected chi connectivity index (χ3v) is 3.09. The largest absolute Gasteiger partial charge is 0.497 e. The molecular formula is C16H19BrNO3+. The second kappa shape index (κ2) is 7.78. The van der Waals surface area contributed by atoms with Crippen molar-refractivity contribution in [3.8, 4) is 11.5 Å². The molecule has 1 heterocycles. The second-order valence-corrected chi connectivity index (χ2v) is 4.54. The first-order chi connectivity index (χ1) is 9.63. The van der Waals surface area contributed by atoms with Crippen LogP contribution in [0.2, 0.25) is 0 Å². The summed E-state index contributed by atoms with van der Waals surface area (Å²) in [5, 5.41) is 0. The summed E-state index contributed by atoms with van der Waals surface area (Å²) in [5.41, 5.74) is 1.72. The first-order valence-corrected chi connectivity index (χ1v) is 6.35. The minimum absolute atomic E-state index is 0. The van der Waals surface area contributed by atoms with Crippen LogP contribution in [0, 0.1) is 6.92 Å². The van der Waals surface area contributed by atoms with Gasteiger partial charge in [-0.15, -0.1) is 17.0 Å². The van der Waals surface area contributed by atoms with E-state index in [0.29, 0.717) is 17.1 Å². The highest BCUT2D eigenvalue weighted by atomic mass is 79.9. The van der Waals surface area contributed by atoms with Crippen molar-refractivity contribution in [1.29, 1.82) is 0 Å². The normalized spacial score (nSPS) is 9.67. The number of ketones is 1. The van der Waals surface area contributed by atoms with E-state index in [9.17, 15) is 4.79 Å². The van der Waals surface area contributed by atoms with E-state index in [1.165, 1.54) is 0 Å². The van der Waals surface area contributed by atoms with Crippen LogP contribution in [0.1, 0.15) is 15.9 Å². The number of aryl methyl sites for hydroxylation is 1. The number of Topliss-reactive ketones (excluding diaryl/α,β-unsaturated/α-hetero) is 1. The Morgan fingerprint density at radius 3 is 2.33 bits per heavy atom. The maximum atomic E-state index is 12.3. The molecule has 0 saturated carbocycles. The van der Waals surface area contributed by atoms with E-state index in [1.807, 2.05) is 36.0 Å². The lowest BCUT2D eigenvalue weighted by Crippen LogP contribution is -2.37. The van der Waals surface area contributed by atoms with Gasteiger partial charge in [0.15, 0.2) is 12.4 Å². The van der Waals surface area contributed by atoms with Crippen LogP contribution in [0.3, 0.4) is 0 Å². The van der Waals surface area contributed by atoms with Gasteiger partial charge < -0.3 is 9.47 Å². The van der Waals surface area contributed by atoms with Crippen LogP contribution in [0.5, 0.6) is 11.5 Å². The first-order valence-electron chi connectivity index (χ1n) is 6.35. The lowest BCUT2D eigenvalue weighted by atomic mass is 10.1. The van der Waals surface area contributed by atoms with Crippen LogP contribution < -0.4 is 14.0 Å². The van der Waals surface area contributed by atoms with Crippen LogP contribution in [-0.2, 0) is 6.54 Å². The van der Waals surface area contributed by atoms with Crippen molar-refractivity contribution in [2.24, 2.45) is 0 Å². The number of aromatic nitrogens is 1. The first kappa shape index (κ1) is 17.2. The third-order valence-electron chi connectivity index (χ3n) is 3.09. The zero-order valence-corrected chi connectivity index (χ0v) is 14.0. The number of rotatable bonds is 5. The molecule has 1 aromatic heterocycles. The molecule has 0 aliphatic rings. The number of carbonyl (C=O) groups excluding carboxylic acids is 1. The van der Waals surface area contributed by atoms with Gasteiger partial charge in [0.2, 0.25) is 12.3 Å². The number of nitrogens with zero attached hydrogens (tertiary/aromatic N) is 1. The van der Waals surface area contributed by atoms with Crippen LogP contribution in [0.25, 0.3) is 0 Å². The highest BCUT2D eigenvalue weighted by Crippen LogP contribution is 2.24. The molecule has 2 aromatic rings. The highest BCUT2D eigenvalue weighted by Gasteiger charge is 2.17. The van der Waals surface area contributed by atoms with E-state index in [-0.39, 0.29) is 29.3 Å². The summed E-state index contributed by atoms with van der Waals surface area (Å²) in [6.07, 6.45) is 3.78. The standard InChI is InChI=1S/C16H18NO3.BrH/c1-12-6-8-17(9-7-12)11-15(18)14-5-4-13(19-2)10-16(14)20-3;/h4-10H,11H2,1-3H3;1H/q+1;.